The van der Waals surface area contributed by atoms with Crippen molar-refractivity contribution in [2.45, 2.75) is 101 Å². The molecule has 1 saturated carbocycles. The molecule has 1 saturated heterocycles. The van der Waals surface area contributed by atoms with Crippen molar-refractivity contribution in [1.82, 2.24) is 15.0 Å². The minimum absolute atomic E-state index is 0. The molecule has 54 heavy (non-hydrogen) atoms. The summed E-state index contributed by atoms with van der Waals surface area (Å²) in [5.41, 5.74) is 1.03. The molecule has 0 spiro atoms. The molecule has 2 aromatic heterocycles. The standard InChI is InChI=1S/C38H46F6N4O4.2BrH/c1-36(2)15-28-31(29(51)16-36)30(23-7-11-37(40,41)12-8-23)32(33(39)24-3-5-26(6-4-24)38(42,43)44)34(47-28)25-9-13-48(14-10-25)35-45-17-27(18-46-35)52-21-22(19-49)20-50;;/h3-6,17-18,22-23,25,29,33,49-51H,7-16,19-21H2,1-2H3;2*1H/t29-,33-;;/m0../s1. The molecule has 2 aliphatic carbocycles. The van der Waals surface area contributed by atoms with E-state index < -0.39 is 41.8 Å². The van der Waals surface area contributed by atoms with Gasteiger partial charge in [0.1, 0.15) is 0 Å². The Labute approximate surface area is 332 Å². The van der Waals surface area contributed by atoms with Crippen LogP contribution in [-0.2, 0) is 12.6 Å². The number of ether oxygens (including phenoxy) is 1. The van der Waals surface area contributed by atoms with Gasteiger partial charge in [-0.05, 0) is 73.1 Å². The Hall–Kier alpha value is -2.53. The topological polar surface area (TPSA) is 112 Å². The quantitative estimate of drug-likeness (QED) is 0.173. The number of halogens is 8. The van der Waals surface area contributed by atoms with E-state index in [2.05, 4.69) is 9.97 Å². The monoisotopic (exact) mass is 896 g/mol. The number of nitrogens with zero attached hydrogens (tertiary/aromatic N) is 4. The largest absolute Gasteiger partial charge is 0.490 e. The van der Waals surface area contributed by atoms with E-state index in [0.717, 1.165) is 24.3 Å². The fourth-order valence-electron chi connectivity index (χ4n) is 7.99. The Morgan fingerprint density at radius 2 is 1.50 bits per heavy atom. The van der Waals surface area contributed by atoms with Gasteiger partial charge in [0.05, 0.1) is 49.6 Å². The van der Waals surface area contributed by atoms with Gasteiger partial charge in [0.15, 0.2) is 11.9 Å². The first-order chi connectivity index (χ1) is 24.6. The predicted molar refractivity (Wildman–Crippen MR) is 202 cm³/mol. The molecule has 8 nitrogen and oxygen atoms in total. The van der Waals surface area contributed by atoms with E-state index in [9.17, 15) is 37.3 Å². The van der Waals surface area contributed by atoms with E-state index in [0.29, 0.717) is 73.0 Å². The van der Waals surface area contributed by atoms with Gasteiger partial charge in [-0.3, -0.25) is 4.98 Å². The number of aromatic nitrogens is 3. The summed E-state index contributed by atoms with van der Waals surface area (Å²) in [6.45, 7) is 4.64. The number of rotatable bonds is 10. The van der Waals surface area contributed by atoms with Gasteiger partial charge in [-0.1, -0.05) is 26.0 Å². The van der Waals surface area contributed by atoms with Crippen molar-refractivity contribution >= 4 is 39.9 Å². The molecule has 1 aromatic carbocycles. The molecule has 1 aliphatic heterocycles. The number of aliphatic hydroxyl groups excluding tert-OH is 3. The summed E-state index contributed by atoms with van der Waals surface area (Å²) < 4.78 is 92.1. The van der Waals surface area contributed by atoms with Crippen LogP contribution in [0.3, 0.4) is 0 Å². The molecule has 3 aliphatic rings. The Bertz CT molecular complexity index is 1680. The molecule has 0 unspecified atom stereocenters. The van der Waals surface area contributed by atoms with Gasteiger partial charge in [0.2, 0.25) is 11.9 Å². The summed E-state index contributed by atoms with van der Waals surface area (Å²) in [4.78, 5) is 15.9. The molecule has 6 rings (SSSR count). The first-order valence-electron chi connectivity index (χ1n) is 17.9. The van der Waals surface area contributed by atoms with Crippen LogP contribution >= 0.6 is 34.0 Å². The highest BCUT2D eigenvalue weighted by molar-refractivity contribution is 8.93. The molecule has 0 radical (unpaired) electrons. The molecule has 3 aromatic rings. The third-order valence-corrected chi connectivity index (χ3v) is 10.8. The van der Waals surface area contributed by atoms with Crippen LogP contribution < -0.4 is 9.64 Å². The van der Waals surface area contributed by atoms with E-state index in [-0.39, 0.29) is 102 Å². The second-order valence-electron chi connectivity index (χ2n) is 15.4. The van der Waals surface area contributed by atoms with E-state index in [4.69, 9.17) is 9.72 Å². The second kappa shape index (κ2) is 17.7. The Morgan fingerprint density at radius 3 is 2.06 bits per heavy atom. The third-order valence-electron chi connectivity index (χ3n) is 10.8. The average Bonchev–Trinajstić information content (AvgIpc) is 3.10. The van der Waals surface area contributed by atoms with Crippen molar-refractivity contribution < 1.29 is 46.4 Å². The molecule has 0 bridgehead atoms. The van der Waals surface area contributed by atoms with Crippen LogP contribution in [0.2, 0.25) is 0 Å². The molecule has 300 valence electrons. The first-order valence-corrected chi connectivity index (χ1v) is 17.9. The number of fused-ring (bicyclic) bond motifs is 1. The zero-order valence-electron chi connectivity index (χ0n) is 30.2. The fraction of sp³-hybridized carbons (Fsp3) is 0.605. The number of anilines is 1. The summed E-state index contributed by atoms with van der Waals surface area (Å²) in [5.74, 6) is -3.20. The molecular formula is C38H48Br2F6N4O4. The summed E-state index contributed by atoms with van der Waals surface area (Å²) in [6.07, 6.45) is -3.18. The van der Waals surface area contributed by atoms with Crippen LogP contribution in [0.15, 0.2) is 36.7 Å². The molecule has 2 fully saturated rings. The zero-order chi connectivity index (χ0) is 37.4. The lowest BCUT2D eigenvalue weighted by atomic mass is 9.68. The second-order valence-corrected chi connectivity index (χ2v) is 15.4. The number of hydrogen-bond acceptors (Lipinski definition) is 8. The lowest BCUT2D eigenvalue weighted by molar-refractivity contribution is -0.137. The van der Waals surface area contributed by atoms with E-state index in [1.807, 2.05) is 18.7 Å². The minimum Gasteiger partial charge on any atom is -0.490 e. The van der Waals surface area contributed by atoms with E-state index in [1.165, 1.54) is 12.4 Å². The fourth-order valence-corrected chi connectivity index (χ4v) is 7.99. The van der Waals surface area contributed by atoms with E-state index in [1.54, 1.807) is 0 Å². The minimum atomic E-state index is -4.60. The van der Waals surface area contributed by atoms with Crippen molar-refractivity contribution in [3.8, 4) is 5.75 Å². The van der Waals surface area contributed by atoms with Crippen molar-refractivity contribution in [2.75, 3.05) is 37.8 Å². The van der Waals surface area contributed by atoms with Crippen molar-refractivity contribution in [1.29, 1.82) is 0 Å². The Kier molecular flexibility index (Phi) is 14.5. The summed E-state index contributed by atoms with van der Waals surface area (Å²) in [6, 6.07) is 3.93. The lowest BCUT2D eigenvalue weighted by Gasteiger charge is -2.41. The van der Waals surface area contributed by atoms with E-state index >= 15 is 4.39 Å². The molecule has 3 heterocycles. The average molecular weight is 899 g/mol. The molecule has 2 atom stereocenters. The summed E-state index contributed by atoms with van der Waals surface area (Å²) >= 11 is 0. The number of piperidine rings is 1. The van der Waals surface area contributed by atoms with Crippen molar-refractivity contribution in [3.63, 3.8) is 0 Å². The maximum atomic E-state index is 17.2. The van der Waals surface area contributed by atoms with Gasteiger partial charge in [-0.15, -0.1) is 34.0 Å². The van der Waals surface area contributed by atoms with Crippen molar-refractivity contribution in [2.24, 2.45) is 11.3 Å². The molecular weight excluding hydrogens is 850 g/mol. The van der Waals surface area contributed by atoms with Gasteiger partial charge in [0.25, 0.3) is 0 Å². The first kappa shape index (κ1) is 44.2. The van der Waals surface area contributed by atoms with Gasteiger partial charge >= 0.3 is 6.18 Å². The molecule has 0 amide bonds. The highest BCUT2D eigenvalue weighted by atomic mass is 79.9. The number of aliphatic hydroxyl groups is 3. The van der Waals surface area contributed by atoms with Crippen LogP contribution in [-0.4, -0.2) is 69.1 Å². The number of pyridine rings is 1. The van der Waals surface area contributed by atoms with Crippen LogP contribution in [0.5, 0.6) is 5.75 Å². The van der Waals surface area contributed by atoms with Gasteiger partial charge < -0.3 is 25.0 Å². The van der Waals surface area contributed by atoms with Gasteiger partial charge in [0, 0.05) is 54.6 Å². The normalized spacial score (nSPS) is 20.8. The highest BCUT2D eigenvalue weighted by Gasteiger charge is 2.44. The maximum Gasteiger partial charge on any atom is 0.416 e. The summed E-state index contributed by atoms with van der Waals surface area (Å²) in [7, 11) is 0. The maximum absolute atomic E-state index is 17.2. The van der Waals surface area contributed by atoms with Crippen LogP contribution in [0, 0.1) is 11.3 Å². The third kappa shape index (κ3) is 9.88. The lowest BCUT2D eigenvalue weighted by Crippen LogP contribution is -2.36. The SMILES string of the molecule is Br.Br.CC1(C)Cc2nc(C3CCN(c4ncc(OCC(CO)CO)cn4)CC3)c([C@@H](F)c3ccc(C(F)(F)F)cc3)c(C3CCC(F)(F)CC3)c2[C@@H](O)C1. The summed E-state index contributed by atoms with van der Waals surface area (Å²) in [5, 5.41) is 30.2. The molecule has 16 heteroatoms. The van der Waals surface area contributed by atoms with Gasteiger partial charge in [-0.2, -0.15) is 13.2 Å². The zero-order valence-corrected chi connectivity index (χ0v) is 33.6. The Balaban J connectivity index is 0.00000325. The van der Waals surface area contributed by atoms with Crippen LogP contribution in [0.25, 0.3) is 0 Å². The van der Waals surface area contributed by atoms with Crippen LogP contribution in [0.1, 0.15) is 122 Å². The smallest absolute Gasteiger partial charge is 0.416 e. The number of alkyl halides is 6. The molecule has 3 N–H and O–H groups in total. The van der Waals surface area contributed by atoms with Gasteiger partial charge in [-0.25, -0.2) is 23.1 Å². The predicted octanol–water partition coefficient (Wildman–Crippen LogP) is 8.77. The number of benzene rings is 1. The highest BCUT2D eigenvalue weighted by Crippen LogP contribution is 2.52. The number of hydrogen-bond donors (Lipinski definition) is 3. The van der Waals surface area contributed by atoms with Crippen LogP contribution in [0.4, 0.5) is 32.3 Å². The Morgan fingerprint density at radius 1 is 0.907 bits per heavy atom. The van der Waals surface area contributed by atoms with Crippen molar-refractivity contribution in [3.05, 3.63) is 75.9 Å².